The topological polar surface area (TPSA) is 66.5 Å². The first-order valence-electron chi connectivity index (χ1n) is 9.92. The van der Waals surface area contributed by atoms with Crippen LogP contribution in [0.1, 0.15) is 48.9 Å². The summed E-state index contributed by atoms with van der Waals surface area (Å²) in [6.07, 6.45) is 6.42. The van der Waals surface area contributed by atoms with E-state index < -0.39 is 10.0 Å². The normalized spacial score (nSPS) is 14.7. The van der Waals surface area contributed by atoms with E-state index in [9.17, 15) is 13.2 Å². The molecule has 0 radical (unpaired) electrons. The van der Waals surface area contributed by atoms with Crippen molar-refractivity contribution in [2.24, 2.45) is 0 Å². The van der Waals surface area contributed by atoms with Crippen molar-refractivity contribution in [3.05, 3.63) is 64.2 Å². The van der Waals surface area contributed by atoms with E-state index in [1.807, 2.05) is 6.92 Å². The lowest BCUT2D eigenvalue weighted by Gasteiger charge is -2.25. The third kappa shape index (κ3) is 5.52. The first-order chi connectivity index (χ1) is 13.8. The number of fused-ring (bicyclic) bond motifs is 1. The summed E-state index contributed by atoms with van der Waals surface area (Å²) in [5.41, 5.74) is 4.19. The van der Waals surface area contributed by atoms with E-state index in [0.29, 0.717) is 10.7 Å². The highest BCUT2D eigenvalue weighted by molar-refractivity contribution is 7.92. The SMILES string of the molecule is CCC(NC(=O)CN(c1cccc(Cl)c1)S(C)(=O)=O)c1ccc2c(c1)CCCC2. The Balaban J connectivity index is 1.76. The maximum absolute atomic E-state index is 12.7. The molecule has 0 saturated heterocycles. The third-order valence-corrected chi connectivity index (χ3v) is 6.68. The van der Waals surface area contributed by atoms with E-state index in [4.69, 9.17) is 11.6 Å². The number of halogens is 1. The lowest BCUT2D eigenvalue weighted by Crippen LogP contribution is -2.41. The molecule has 1 aliphatic carbocycles. The van der Waals surface area contributed by atoms with Gasteiger partial charge in [-0.3, -0.25) is 9.10 Å². The quantitative estimate of drug-likeness (QED) is 0.708. The number of hydrogen-bond donors (Lipinski definition) is 1. The molecule has 0 aliphatic heterocycles. The summed E-state index contributed by atoms with van der Waals surface area (Å²) >= 11 is 6.00. The summed E-state index contributed by atoms with van der Waals surface area (Å²) in [5, 5.41) is 3.41. The van der Waals surface area contributed by atoms with Gasteiger partial charge in [0.05, 0.1) is 18.0 Å². The molecule has 29 heavy (non-hydrogen) atoms. The van der Waals surface area contributed by atoms with Crippen molar-refractivity contribution in [2.75, 3.05) is 17.1 Å². The molecule has 0 heterocycles. The number of benzene rings is 2. The number of carbonyl (C=O) groups excluding carboxylic acids is 1. The van der Waals surface area contributed by atoms with Gasteiger partial charge in [0.2, 0.25) is 15.9 Å². The minimum Gasteiger partial charge on any atom is -0.348 e. The van der Waals surface area contributed by atoms with Crippen molar-refractivity contribution in [3.8, 4) is 0 Å². The third-order valence-electron chi connectivity index (χ3n) is 5.30. The largest absolute Gasteiger partial charge is 0.348 e. The molecule has 0 bridgehead atoms. The van der Waals surface area contributed by atoms with Crippen molar-refractivity contribution in [1.82, 2.24) is 5.32 Å². The molecule has 0 spiro atoms. The van der Waals surface area contributed by atoms with Gasteiger partial charge in [-0.15, -0.1) is 0 Å². The van der Waals surface area contributed by atoms with Gasteiger partial charge in [0, 0.05) is 5.02 Å². The predicted molar refractivity (Wildman–Crippen MR) is 118 cm³/mol. The van der Waals surface area contributed by atoms with Crippen molar-refractivity contribution >= 4 is 33.2 Å². The van der Waals surface area contributed by atoms with Crippen LogP contribution in [0.3, 0.4) is 0 Å². The van der Waals surface area contributed by atoms with Crippen LogP contribution in [0.5, 0.6) is 0 Å². The molecule has 5 nitrogen and oxygen atoms in total. The maximum atomic E-state index is 12.7. The first kappa shape index (κ1) is 21.7. The van der Waals surface area contributed by atoms with E-state index in [-0.39, 0.29) is 18.5 Å². The van der Waals surface area contributed by atoms with Crippen molar-refractivity contribution in [1.29, 1.82) is 0 Å². The zero-order valence-electron chi connectivity index (χ0n) is 16.8. The smallest absolute Gasteiger partial charge is 0.241 e. The Hall–Kier alpha value is -2.05. The Bertz CT molecular complexity index is 991. The summed E-state index contributed by atoms with van der Waals surface area (Å²) in [6.45, 7) is 1.72. The molecule has 7 heteroatoms. The van der Waals surface area contributed by atoms with Crippen LogP contribution in [0.4, 0.5) is 5.69 Å². The standard InChI is InChI=1S/C22H27ClN2O3S/c1-3-21(18-12-11-16-7-4-5-8-17(16)13-18)24-22(26)15-25(29(2,27)28)20-10-6-9-19(23)14-20/h6,9-14,21H,3-5,7-8,15H2,1-2H3,(H,24,26). The van der Waals surface area contributed by atoms with E-state index in [0.717, 1.165) is 35.4 Å². The van der Waals surface area contributed by atoms with Crippen LogP contribution in [0.25, 0.3) is 0 Å². The summed E-state index contributed by atoms with van der Waals surface area (Å²) in [7, 11) is -3.64. The van der Waals surface area contributed by atoms with Gasteiger partial charge in [-0.05, 0) is 67.0 Å². The lowest BCUT2D eigenvalue weighted by atomic mass is 9.89. The van der Waals surface area contributed by atoms with Gasteiger partial charge in [-0.2, -0.15) is 0 Å². The van der Waals surface area contributed by atoms with Crippen LogP contribution in [0, 0.1) is 0 Å². The molecule has 2 aromatic rings. The molecular formula is C22H27ClN2O3S. The molecule has 0 aromatic heterocycles. The van der Waals surface area contributed by atoms with Crippen LogP contribution < -0.4 is 9.62 Å². The van der Waals surface area contributed by atoms with Gasteiger partial charge in [0.25, 0.3) is 0 Å². The fourth-order valence-electron chi connectivity index (χ4n) is 3.79. The number of amides is 1. The second kappa shape index (κ2) is 9.18. The molecule has 1 unspecified atom stereocenters. The molecule has 1 amide bonds. The Morgan fingerprint density at radius 1 is 1.14 bits per heavy atom. The molecule has 0 fully saturated rings. The van der Waals surface area contributed by atoms with Crippen LogP contribution in [0.2, 0.25) is 5.02 Å². The van der Waals surface area contributed by atoms with Crippen LogP contribution in [-0.2, 0) is 27.7 Å². The second-order valence-corrected chi connectivity index (χ2v) is 9.86. The molecular weight excluding hydrogens is 408 g/mol. The monoisotopic (exact) mass is 434 g/mol. The summed E-state index contributed by atoms with van der Waals surface area (Å²) in [6, 6.07) is 12.8. The highest BCUT2D eigenvalue weighted by Gasteiger charge is 2.23. The van der Waals surface area contributed by atoms with E-state index in [1.54, 1.807) is 18.2 Å². The minimum atomic E-state index is -3.64. The molecule has 1 N–H and O–H groups in total. The van der Waals surface area contributed by atoms with Gasteiger partial charge >= 0.3 is 0 Å². The minimum absolute atomic E-state index is 0.157. The highest BCUT2D eigenvalue weighted by atomic mass is 35.5. The molecule has 156 valence electrons. The van der Waals surface area contributed by atoms with E-state index in [2.05, 4.69) is 23.5 Å². The first-order valence-corrected chi connectivity index (χ1v) is 12.1. The maximum Gasteiger partial charge on any atom is 0.241 e. The Morgan fingerprint density at radius 3 is 2.52 bits per heavy atom. The summed E-state index contributed by atoms with van der Waals surface area (Å²) in [4.78, 5) is 12.7. The number of sulfonamides is 1. The number of carbonyl (C=O) groups is 1. The highest BCUT2D eigenvalue weighted by Crippen LogP contribution is 2.26. The number of nitrogens with one attached hydrogen (secondary N) is 1. The summed E-state index contributed by atoms with van der Waals surface area (Å²) < 4.78 is 25.6. The average Bonchev–Trinajstić information content (AvgIpc) is 2.69. The zero-order chi connectivity index (χ0) is 21.0. The zero-order valence-corrected chi connectivity index (χ0v) is 18.4. The van der Waals surface area contributed by atoms with Gasteiger partial charge in [-0.25, -0.2) is 8.42 Å². The van der Waals surface area contributed by atoms with E-state index >= 15 is 0 Å². The predicted octanol–water partition coefficient (Wildman–Crippen LogP) is 4.25. The van der Waals surface area contributed by atoms with Gasteiger partial charge in [0.15, 0.2) is 0 Å². The molecule has 1 atom stereocenters. The number of aryl methyl sites for hydroxylation is 2. The number of anilines is 1. The van der Waals surface area contributed by atoms with E-state index in [1.165, 1.54) is 30.0 Å². The van der Waals surface area contributed by atoms with Crippen molar-refractivity contribution in [3.63, 3.8) is 0 Å². The molecule has 1 aliphatic rings. The lowest BCUT2D eigenvalue weighted by molar-refractivity contribution is -0.120. The fraction of sp³-hybridized carbons (Fsp3) is 0.409. The van der Waals surface area contributed by atoms with Crippen molar-refractivity contribution in [2.45, 2.75) is 45.1 Å². The van der Waals surface area contributed by atoms with Crippen LogP contribution in [0.15, 0.2) is 42.5 Å². The number of nitrogens with zero attached hydrogens (tertiary/aromatic N) is 1. The molecule has 0 saturated carbocycles. The Morgan fingerprint density at radius 2 is 1.86 bits per heavy atom. The van der Waals surface area contributed by atoms with Gasteiger partial charge in [-0.1, -0.05) is 42.8 Å². The Kier molecular flexibility index (Phi) is 6.85. The Labute approximate surface area is 178 Å². The van der Waals surface area contributed by atoms with Crippen LogP contribution in [-0.4, -0.2) is 27.1 Å². The summed E-state index contributed by atoms with van der Waals surface area (Å²) in [5.74, 6) is -0.347. The van der Waals surface area contributed by atoms with Crippen molar-refractivity contribution < 1.29 is 13.2 Å². The number of hydrogen-bond acceptors (Lipinski definition) is 3. The molecule has 2 aromatic carbocycles. The second-order valence-electron chi connectivity index (χ2n) is 7.51. The van der Waals surface area contributed by atoms with Gasteiger partial charge in [0.1, 0.15) is 6.54 Å². The number of rotatable bonds is 7. The van der Waals surface area contributed by atoms with Crippen LogP contribution >= 0.6 is 11.6 Å². The fourth-order valence-corrected chi connectivity index (χ4v) is 4.83. The average molecular weight is 435 g/mol. The van der Waals surface area contributed by atoms with Gasteiger partial charge < -0.3 is 5.32 Å². The molecule has 3 rings (SSSR count).